The van der Waals surface area contributed by atoms with E-state index in [4.69, 9.17) is 4.74 Å². The van der Waals surface area contributed by atoms with Crippen molar-refractivity contribution in [1.29, 1.82) is 0 Å². The second kappa shape index (κ2) is 7.04. The van der Waals surface area contributed by atoms with Gasteiger partial charge in [0.25, 0.3) is 0 Å². The van der Waals surface area contributed by atoms with Gasteiger partial charge in [-0.2, -0.15) is 0 Å². The van der Waals surface area contributed by atoms with E-state index >= 15 is 0 Å². The fourth-order valence-corrected chi connectivity index (χ4v) is 1.85. The fourth-order valence-electron chi connectivity index (χ4n) is 1.85. The summed E-state index contributed by atoms with van der Waals surface area (Å²) < 4.78 is 5.67. The number of aryl methyl sites for hydroxylation is 2. The molecule has 0 atom stereocenters. The number of amides is 1. The van der Waals surface area contributed by atoms with Crippen LogP contribution in [-0.4, -0.2) is 31.0 Å². The van der Waals surface area contributed by atoms with Gasteiger partial charge in [-0.1, -0.05) is 13.0 Å². The Morgan fingerprint density at radius 2 is 1.83 bits per heavy atom. The molecule has 0 aliphatic heterocycles. The Labute approximate surface area is 110 Å². The maximum Gasteiger partial charge on any atom is 0.222 e. The Bertz CT molecular complexity index is 381. The van der Waals surface area contributed by atoms with Crippen LogP contribution < -0.4 is 4.74 Å². The molecule has 0 saturated heterocycles. The minimum absolute atomic E-state index is 0.182. The Hall–Kier alpha value is -1.51. The van der Waals surface area contributed by atoms with Gasteiger partial charge in [0, 0.05) is 13.5 Å². The van der Waals surface area contributed by atoms with E-state index in [-0.39, 0.29) is 5.91 Å². The van der Waals surface area contributed by atoms with Crippen molar-refractivity contribution in [2.24, 2.45) is 0 Å². The lowest BCUT2D eigenvalue weighted by molar-refractivity contribution is -0.130. The van der Waals surface area contributed by atoms with E-state index in [0.717, 1.165) is 12.2 Å². The molecule has 0 saturated carbocycles. The van der Waals surface area contributed by atoms with Crippen molar-refractivity contribution in [2.75, 3.05) is 20.2 Å². The molecule has 0 bridgehead atoms. The van der Waals surface area contributed by atoms with Crippen LogP contribution in [0.25, 0.3) is 0 Å². The van der Waals surface area contributed by atoms with Crippen molar-refractivity contribution in [3.05, 3.63) is 29.3 Å². The zero-order valence-electron chi connectivity index (χ0n) is 11.8. The Morgan fingerprint density at radius 3 is 2.39 bits per heavy atom. The first-order chi connectivity index (χ1) is 8.52. The van der Waals surface area contributed by atoms with Crippen molar-refractivity contribution in [1.82, 2.24) is 4.90 Å². The van der Waals surface area contributed by atoms with E-state index in [0.29, 0.717) is 19.6 Å². The maximum atomic E-state index is 11.6. The predicted molar refractivity (Wildman–Crippen MR) is 74.0 cm³/mol. The summed E-state index contributed by atoms with van der Waals surface area (Å²) in [5.74, 6) is 1.06. The SMILES string of the molecule is CCCC(=O)N(C)CCOc1cc(C)cc(C)c1. The first-order valence-electron chi connectivity index (χ1n) is 6.48. The summed E-state index contributed by atoms with van der Waals surface area (Å²) in [6, 6.07) is 6.14. The lowest BCUT2D eigenvalue weighted by atomic mass is 10.1. The Kier molecular flexibility index (Phi) is 5.69. The summed E-state index contributed by atoms with van der Waals surface area (Å²) in [7, 11) is 1.82. The first kappa shape index (κ1) is 14.6. The van der Waals surface area contributed by atoms with Crippen molar-refractivity contribution in [3.8, 4) is 5.75 Å². The third kappa shape index (κ3) is 4.78. The summed E-state index contributed by atoms with van der Waals surface area (Å²) in [5, 5.41) is 0. The highest BCUT2D eigenvalue weighted by molar-refractivity contribution is 5.75. The van der Waals surface area contributed by atoms with Gasteiger partial charge in [-0.3, -0.25) is 4.79 Å². The minimum Gasteiger partial charge on any atom is -0.492 e. The van der Waals surface area contributed by atoms with Crippen LogP contribution in [-0.2, 0) is 4.79 Å². The molecule has 0 unspecified atom stereocenters. The molecule has 0 aliphatic rings. The van der Waals surface area contributed by atoms with Gasteiger partial charge in [0.05, 0.1) is 6.54 Å². The molecule has 1 aromatic carbocycles. The van der Waals surface area contributed by atoms with E-state index in [9.17, 15) is 4.79 Å². The number of carbonyl (C=O) groups excluding carboxylic acids is 1. The van der Waals surface area contributed by atoms with Crippen molar-refractivity contribution in [3.63, 3.8) is 0 Å². The van der Waals surface area contributed by atoms with Gasteiger partial charge in [0.2, 0.25) is 5.91 Å². The van der Waals surface area contributed by atoms with Crippen LogP contribution in [0.15, 0.2) is 18.2 Å². The molecule has 100 valence electrons. The topological polar surface area (TPSA) is 29.5 Å². The normalized spacial score (nSPS) is 10.2. The zero-order valence-corrected chi connectivity index (χ0v) is 11.8. The van der Waals surface area contributed by atoms with Gasteiger partial charge in [-0.15, -0.1) is 0 Å². The number of ether oxygens (including phenoxy) is 1. The summed E-state index contributed by atoms with van der Waals surface area (Å²) in [6.45, 7) is 7.28. The van der Waals surface area contributed by atoms with Crippen LogP contribution in [0, 0.1) is 13.8 Å². The molecular weight excluding hydrogens is 226 g/mol. The second-order valence-corrected chi connectivity index (χ2v) is 4.74. The first-order valence-corrected chi connectivity index (χ1v) is 6.48. The lowest BCUT2D eigenvalue weighted by Crippen LogP contribution is -2.30. The summed E-state index contributed by atoms with van der Waals surface area (Å²) in [4.78, 5) is 13.3. The number of rotatable bonds is 6. The van der Waals surface area contributed by atoms with E-state index in [2.05, 4.69) is 19.9 Å². The highest BCUT2D eigenvalue weighted by Crippen LogP contribution is 2.16. The van der Waals surface area contributed by atoms with Crippen LogP contribution in [0.5, 0.6) is 5.75 Å². The molecule has 0 aromatic heterocycles. The fraction of sp³-hybridized carbons (Fsp3) is 0.533. The molecule has 0 radical (unpaired) electrons. The van der Waals surface area contributed by atoms with Gasteiger partial charge in [-0.05, 0) is 43.5 Å². The molecule has 0 spiro atoms. The second-order valence-electron chi connectivity index (χ2n) is 4.74. The number of hydrogen-bond acceptors (Lipinski definition) is 2. The highest BCUT2D eigenvalue weighted by atomic mass is 16.5. The van der Waals surface area contributed by atoms with Gasteiger partial charge in [0.1, 0.15) is 12.4 Å². The quantitative estimate of drug-likeness (QED) is 0.775. The monoisotopic (exact) mass is 249 g/mol. The number of nitrogens with zero attached hydrogens (tertiary/aromatic N) is 1. The molecule has 1 rings (SSSR count). The third-order valence-electron chi connectivity index (χ3n) is 2.78. The molecule has 0 N–H and O–H groups in total. The average molecular weight is 249 g/mol. The van der Waals surface area contributed by atoms with E-state index in [1.807, 2.05) is 26.1 Å². The van der Waals surface area contributed by atoms with Gasteiger partial charge < -0.3 is 9.64 Å². The lowest BCUT2D eigenvalue weighted by Gasteiger charge is -2.17. The van der Waals surface area contributed by atoms with Crippen LogP contribution in [0.2, 0.25) is 0 Å². The average Bonchev–Trinajstić information content (AvgIpc) is 2.27. The molecule has 0 aliphatic carbocycles. The summed E-state index contributed by atoms with van der Waals surface area (Å²) in [6.07, 6.45) is 1.50. The third-order valence-corrected chi connectivity index (χ3v) is 2.78. The van der Waals surface area contributed by atoms with Gasteiger partial charge in [-0.25, -0.2) is 0 Å². The van der Waals surface area contributed by atoms with E-state index < -0.39 is 0 Å². The minimum atomic E-state index is 0.182. The smallest absolute Gasteiger partial charge is 0.222 e. The molecular formula is C15H23NO2. The number of hydrogen-bond donors (Lipinski definition) is 0. The van der Waals surface area contributed by atoms with E-state index in [1.54, 1.807) is 4.90 Å². The number of likely N-dealkylation sites (N-methyl/N-ethyl adjacent to an activating group) is 1. The number of carbonyl (C=O) groups is 1. The summed E-state index contributed by atoms with van der Waals surface area (Å²) >= 11 is 0. The molecule has 3 heteroatoms. The Balaban J connectivity index is 2.39. The number of benzene rings is 1. The standard InChI is InChI=1S/C15H23NO2/c1-5-6-15(17)16(4)7-8-18-14-10-12(2)9-13(3)11-14/h9-11H,5-8H2,1-4H3. The van der Waals surface area contributed by atoms with E-state index in [1.165, 1.54) is 11.1 Å². The highest BCUT2D eigenvalue weighted by Gasteiger charge is 2.06. The molecule has 1 aromatic rings. The predicted octanol–water partition coefficient (Wildman–Crippen LogP) is 2.94. The largest absolute Gasteiger partial charge is 0.492 e. The maximum absolute atomic E-state index is 11.6. The van der Waals surface area contributed by atoms with Crippen LogP contribution >= 0.6 is 0 Å². The molecule has 3 nitrogen and oxygen atoms in total. The van der Waals surface area contributed by atoms with Crippen LogP contribution in [0.4, 0.5) is 0 Å². The van der Waals surface area contributed by atoms with Crippen LogP contribution in [0.3, 0.4) is 0 Å². The van der Waals surface area contributed by atoms with Crippen LogP contribution in [0.1, 0.15) is 30.9 Å². The molecule has 0 fully saturated rings. The molecule has 1 amide bonds. The van der Waals surface area contributed by atoms with Crippen molar-refractivity contribution >= 4 is 5.91 Å². The van der Waals surface area contributed by atoms with Gasteiger partial charge >= 0.3 is 0 Å². The zero-order chi connectivity index (χ0) is 13.5. The molecule has 18 heavy (non-hydrogen) atoms. The van der Waals surface area contributed by atoms with Crippen molar-refractivity contribution < 1.29 is 9.53 Å². The Morgan fingerprint density at radius 1 is 1.22 bits per heavy atom. The van der Waals surface area contributed by atoms with Crippen molar-refractivity contribution in [2.45, 2.75) is 33.6 Å². The molecule has 0 heterocycles. The van der Waals surface area contributed by atoms with Gasteiger partial charge in [0.15, 0.2) is 0 Å². The summed E-state index contributed by atoms with van der Waals surface area (Å²) in [5.41, 5.74) is 2.39.